The van der Waals surface area contributed by atoms with Gasteiger partial charge in [0.15, 0.2) is 10.6 Å². The average Bonchev–Trinajstić information content (AvgIpc) is 2.43. The molecule has 0 saturated carbocycles. The molecule has 0 spiro atoms. The van der Waals surface area contributed by atoms with E-state index in [1.54, 1.807) is 0 Å². The Morgan fingerprint density at radius 2 is 2.25 bits per heavy atom. The maximum absolute atomic E-state index is 10.7. The Kier molecular flexibility index (Phi) is 1.61. The number of hydrogen-bond donors (Lipinski definition) is 0. The number of fused-ring (bicyclic) bond motifs is 1. The zero-order chi connectivity index (χ0) is 8.55. The topological polar surface area (TPSA) is 67.6 Å². The van der Waals surface area contributed by atoms with Crippen LogP contribution in [-0.2, 0) is 0 Å². The van der Waals surface area contributed by atoms with Crippen LogP contribution in [0.25, 0.3) is 0 Å². The Morgan fingerprint density at radius 3 is 3.00 bits per heavy atom. The summed E-state index contributed by atoms with van der Waals surface area (Å²) in [7, 11) is 0. The van der Waals surface area contributed by atoms with Crippen LogP contribution in [0.4, 0.5) is 4.79 Å². The molecule has 0 fully saturated rings. The lowest BCUT2D eigenvalue weighted by Crippen LogP contribution is -2.26. The fourth-order valence-corrected chi connectivity index (χ4v) is 1.16. The van der Waals surface area contributed by atoms with Crippen LogP contribution in [0.3, 0.4) is 0 Å². The van der Waals surface area contributed by atoms with Crippen LogP contribution in [0.2, 0.25) is 0 Å². The maximum atomic E-state index is 10.7. The first-order chi connectivity index (χ1) is 5.79. The van der Waals surface area contributed by atoms with Gasteiger partial charge in [-0.25, -0.2) is 14.8 Å². The summed E-state index contributed by atoms with van der Waals surface area (Å²) in [5, 5.41) is 1.06. The summed E-state index contributed by atoms with van der Waals surface area (Å²) >= 11 is 1.40. The Balaban J connectivity index is 2.72. The van der Waals surface area contributed by atoms with E-state index in [0.717, 1.165) is 0 Å². The number of amides is 2. The number of nitrogens with zero attached hydrogens (tertiary/aromatic N) is 4. The van der Waals surface area contributed by atoms with Crippen molar-refractivity contribution in [3.63, 3.8) is 0 Å². The van der Waals surface area contributed by atoms with Crippen LogP contribution in [0.1, 0.15) is 0 Å². The molecule has 1 aliphatic heterocycles. The van der Waals surface area contributed by atoms with E-state index in [0.29, 0.717) is 16.0 Å². The average molecular weight is 180 g/mol. The van der Waals surface area contributed by atoms with Crippen molar-refractivity contribution in [3.8, 4) is 0 Å². The monoisotopic (exact) mass is 180 g/mol. The highest BCUT2D eigenvalue weighted by Gasteiger charge is 2.06. The van der Waals surface area contributed by atoms with Crippen molar-refractivity contribution in [2.45, 2.75) is 5.16 Å². The molecule has 6 heteroatoms. The van der Waals surface area contributed by atoms with Crippen LogP contribution >= 0.6 is 11.8 Å². The van der Waals surface area contributed by atoms with E-state index in [1.165, 1.54) is 18.0 Å². The van der Waals surface area contributed by atoms with Gasteiger partial charge in [0.25, 0.3) is 0 Å². The standard InChI is InChI=1S/C6H4N4OS/c1-12-6-7-2-3-4(10-6)9-5(11)8-3/h2H,1H3. The van der Waals surface area contributed by atoms with Gasteiger partial charge in [-0.15, -0.1) is 0 Å². The van der Waals surface area contributed by atoms with Crippen molar-refractivity contribution in [1.82, 2.24) is 9.97 Å². The highest BCUT2D eigenvalue weighted by Crippen LogP contribution is 2.01. The summed E-state index contributed by atoms with van der Waals surface area (Å²) in [5.74, 6) is 0. The third-order valence-corrected chi connectivity index (χ3v) is 1.89. The number of urea groups is 1. The summed E-state index contributed by atoms with van der Waals surface area (Å²) < 4.78 is 0. The SMILES string of the molecule is CSc1ncc2c(n1)=NC(=O)N=2. The van der Waals surface area contributed by atoms with Gasteiger partial charge in [0.05, 0.1) is 6.20 Å². The van der Waals surface area contributed by atoms with E-state index in [2.05, 4.69) is 20.0 Å². The third-order valence-electron chi connectivity index (χ3n) is 1.33. The summed E-state index contributed by atoms with van der Waals surface area (Å²) in [4.78, 5) is 25.8. The summed E-state index contributed by atoms with van der Waals surface area (Å²) in [6.07, 6.45) is 3.36. The predicted molar refractivity (Wildman–Crippen MR) is 41.5 cm³/mol. The van der Waals surface area contributed by atoms with Gasteiger partial charge in [-0.05, 0) is 6.26 Å². The van der Waals surface area contributed by atoms with Gasteiger partial charge in [-0.3, -0.25) is 0 Å². The van der Waals surface area contributed by atoms with Gasteiger partial charge in [0.2, 0.25) is 0 Å². The smallest absolute Gasteiger partial charge is 0.244 e. The molecule has 2 amide bonds. The lowest BCUT2D eigenvalue weighted by atomic mass is 10.6. The van der Waals surface area contributed by atoms with Crippen molar-refractivity contribution in [2.75, 3.05) is 6.26 Å². The Morgan fingerprint density at radius 1 is 1.42 bits per heavy atom. The van der Waals surface area contributed by atoms with Gasteiger partial charge < -0.3 is 0 Å². The van der Waals surface area contributed by atoms with Gasteiger partial charge in [0, 0.05) is 0 Å². The zero-order valence-corrected chi connectivity index (χ0v) is 7.00. The highest BCUT2D eigenvalue weighted by atomic mass is 32.2. The summed E-state index contributed by atoms with van der Waals surface area (Å²) in [6.45, 7) is 0. The molecule has 0 atom stereocenters. The van der Waals surface area contributed by atoms with E-state index in [-0.39, 0.29) is 0 Å². The number of carbonyl (C=O) groups excluding carboxylic acids is 1. The number of hydrogen-bond acceptors (Lipinski definition) is 4. The molecule has 1 aromatic heterocycles. The third kappa shape index (κ3) is 1.10. The van der Waals surface area contributed by atoms with E-state index in [1.807, 2.05) is 6.26 Å². The molecule has 0 aromatic carbocycles. The molecular weight excluding hydrogens is 176 g/mol. The first-order valence-corrected chi connectivity index (χ1v) is 4.40. The quantitative estimate of drug-likeness (QED) is 0.434. The molecule has 2 rings (SSSR count). The molecule has 12 heavy (non-hydrogen) atoms. The summed E-state index contributed by atoms with van der Waals surface area (Å²) in [5.41, 5.74) is 0.374. The second kappa shape index (κ2) is 2.63. The molecule has 60 valence electrons. The second-order valence-electron chi connectivity index (χ2n) is 2.07. The number of rotatable bonds is 1. The minimum absolute atomic E-state index is 0.374. The minimum atomic E-state index is -0.502. The summed E-state index contributed by atoms with van der Waals surface area (Å²) in [6, 6.07) is -0.502. The largest absolute Gasteiger partial charge is 0.369 e. The molecule has 0 radical (unpaired) electrons. The van der Waals surface area contributed by atoms with Crippen LogP contribution in [0.5, 0.6) is 0 Å². The lowest BCUT2D eigenvalue weighted by molar-refractivity contribution is 0.256. The Hall–Kier alpha value is -1.30. The van der Waals surface area contributed by atoms with E-state index in [4.69, 9.17) is 0 Å². The fraction of sp³-hybridized carbons (Fsp3) is 0.167. The van der Waals surface area contributed by atoms with Crippen molar-refractivity contribution in [2.24, 2.45) is 9.98 Å². The molecular formula is C6H4N4OS. The number of thioether (sulfide) groups is 1. The molecule has 1 aromatic rings. The molecule has 0 saturated heterocycles. The van der Waals surface area contributed by atoms with Gasteiger partial charge >= 0.3 is 6.03 Å². The van der Waals surface area contributed by atoms with Gasteiger partial charge in [0.1, 0.15) is 5.36 Å². The maximum Gasteiger partial charge on any atom is 0.369 e. The predicted octanol–water partition coefficient (Wildman–Crippen LogP) is -0.429. The van der Waals surface area contributed by atoms with Crippen LogP contribution in [-0.4, -0.2) is 22.3 Å². The van der Waals surface area contributed by atoms with Gasteiger partial charge in [-0.2, -0.15) is 9.98 Å². The van der Waals surface area contributed by atoms with Crippen molar-refractivity contribution in [1.29, 1.82) is 0 Å². The lowest BCUT2D eigenvalue weighted by Gasteiger charge is -1.88. The van der Waals surface area contributed by atoms with Crippen molar-refractivity contribution >= 4 is 17.8 Å². The van der Waals surface area contributed by atoms with Crippen molar-refractivity contribution in [3.05, 3.63) is 17.0 Å². The Labute approximate surface area is 71.7 Å². The molecule has 0 N–H and O–H groups in total. The van der Waals surface area contributed by atoms with Crippen LogP contribution in [0.15, 0.2) is 21.3 Å². The second-order valence-corrected chi connectivity index (χ2v) is 2.85. The van der Waals surface area contributed by atoms with E-state index < -0.39 is 6.03 Å². The number of carbonyl (C=O) groups is 1. The molecule has 0 aliphatic carbocycles. The highest BCUT2D eigenvalue weighted by molar-refractivity contribution is 7.98. The Bertz CT molecular complexity index is 455. The van der Waals surface area contributed by atoms with E-state index >= 15 is 0 Å². The molecule has 5 nitrogen and oxygen atoms in total. The minimum Gasteiger partial charge on any atom is -0.244 e. The molecule has 1 aliphatic rings. The fourth-order valence-electron chi connectivity index (χ4n) is 0.829. The van der Waals surface area contributed by atoms with Gasteiger partial charge in [-0.1, -0.05) is 11.8 Å². The van der Waals surface area contributed by atoms with Crippen molar-refractivity contribution < 1.29 is 4.79 Å². The molecule has 0 bridgehead atoms. The first kappa shape index (κ1) is 7.35. The van der Waals surface area contributed by atoms with Crippen LogP contribution < -0.4 is 10.8 Å². The van der Waals surface area contributed by atoms with E-state index in [9.17, 15) is 4.79 Å². The molecule has 0 unspecified atom stereocenters. The van der Waals surface area contributed by atoms with Crippen LogP contribution in [0, 0.1) is 0 Å². The normalized spacial score (nSPS) is 13.6. The molecule has 2 heterocycles. The zero-order valence-electron chi connectivity index (χ0n) is 6.18. The number of aromatic nitrogens is 2. The first-order valence-electron chi connectivity index (χ1n) is 3.18.